The van der Waals surface area contributed by atoms with Gasteiger partial charge in [-0.15, -0.1) is 0 Å². The Bertz CT molecular complexity index is 218. The molecule has 0 aliphatic carbocycles. The molecule has 1 unspecified atom stereocenters. The molecule has 0 fully saturated rings. The van der Waals surface area contributed by atoms with E-state index >= 15 is 0 Å². The summed E-state index contributed by atoms with van der Waals surface area (Å²) in [7, 11) is 2.01. The topological polar surface area (TPSA) is 12.0 Å². The molecule has 72 valence electrons. The summed E-state index contributed by atoms with van der Waals surface area (Å²) >= 11 is 0. The fraction of sp³-hybridized carbons (Fsp3) is 0.500. The van der Waals surface area contributed by atoms with E-state index in [1.54, 1.807) is 0 Å². The number of aryl methyl sites for hydroxylation is 1. The number of benzene rings is 1. The summed E-state index contributed by atoms with van der Waals surface area (Å²) in [6, 6.07) is 10.7. The van der Waals surface area contributed by atoms with Crippen molar-refractivity contribution in [3.63, 3.8) is 0 Å². The first kappa shape index (κ1) is 10.3. The van der Waals surface area contributed by atoms with E-state index in [0.29, 0.717) is 0 Å². The van der Waals surface area contributed by atoms with E-state index in [1.807, 2.05) is 7.05 Å². The van der Waals surface area contributed by atoms with Gasteiger partial charge in [0.1, 0.15) is 0 Å². The predicted octanol–water partition coefficient (Wildman–Crippen LogP) is 2.47. The zero-order valence-corrected chi connectivity index (χ0v) is 8.59. The summed E-state index contributed by atoms with van der Waals surface area (Å²) in [5.74, 6) is 0.769. The largest absolute Gasteiger partial charge is 0.319 e. The van der Waals surface area contributed by atoms with Crippen molar-refractivity contribution in [2.45, 2.75) is 19.8 Å². The van der Waals surface area contributed by atoms with E-state index < -0.39 is 0 Å². The van der Waals surface area contributed by atoms with Crippen LogP contribution >= 0.6 is 0 Å². The van der Waals surface area contributed by atoms with Crippen LogP contribution < -0.4 is 5.32 Å². The molecule has 0 heterocycles. The SMILES string of the molecule is CNCC(C)CCc1ccccc1. The molecule has 1 heteroatoms. The third-order valence-electron chi connectivity index (χ3n) is 2.32. The summed E-state index contributed by atoms with van der Waals surface area (Å²) in [4.78, 5) is 0. The Hall–Kier alpha value is -0.820. The first-order valence-corrected chi connectivity index (χ1v) is 5.01. The van der Waals surface area contributed by atoms with E-state index in [-0.39, 0.29) is 0 Å². The van der Waals surface area contributed by atoms with Crippen LogP contribution in [0.3, 0.4) is 0 Å². The molecule has 1 aromatic carbocycles. The lowest BCUT2D eigenvalue weighted by atomic mass is 10.0. The van der Waals surface area contributed by atoms with Gasteiger partial charge in [-0.05, 0) is 37.9 Å². The highest BCUT2D eigenvalue weighted by Gasteiger charge is 2.00. The van der Waals surface area contributed by atoms with Gasteiger partial charge in [0, 0.05) is 0 Å². The molecule has 0 spiro atoms. The molecule has 0 radical (unpaired) electrons. The molecule has 1 atom stereocenters. The van der Waals surface area contributed by atoms with Gasteiger partial charge in [0.2, 0.25) is 0 Å². The van der Waals surface area contributed by atoms with Crippen molar-refractivity contribution in [2.75, 3.05) is 13.6 Å². The molecule has 0 bridgehead atoms. The van der Waals surface area contributed by atoms with Crippen LogP contribution in [-0.4, -0.2) is 13.6 Å². The van der Waals surface area contributed by atoms with Crippen LogP contribution in [0.4, 0.5) is 0 Å². The van der Waals surface area contributed by atoms with Gasteiger partial charge in [0.15, 0.2) is 0 Å². The maximum absolute atomic E-state index is 3.20. The van der Waals surface area contributed by atoms with Gasteiger partial charge in [0.25, 0.3) is 0 Å². The Morgan fingerprint density at radius 2 is 1.92 bits per heavy atom. The normalized spacial score (nSPS) is 12.8. The van der Waals surface area contributed by atoms with Crippen molar-refractivity contribution in [1.82, 2.24) is 5.32 Å². The second-order valence-electron chi connectivity index (χ2n) is 3.69. The summed E-state index contributed by atoms with van der Waals surface area (Å²) in [5, 5.41) is 3.20. The molecular weight excluding hydrogens is 158 g/mol. The van der Waals surface area contributed by atoms with Crippen molar-refractivity contribution in [1.29, 1.82) is 0 Å². The van der Waals surface area contributed by atoms with E-state index in [1.165, 1.54) is 18.4 Å². The lowest BCUT2D eigenvalue weighted by molar-refractivity contribution is 0.505. The molecule has 0 aliphatic heterocycles. The van der Waals surface area contributed by atoms with E-state index in [9.17, 15) is 0 Å². The van der Waals surface area contributed by atoms with Gasteiger partial charge >= 0.3 is 0 Å². The van der Waals surface area contributed by atoms with Crippen LogP contribution in [0.2, 0.25) is 0 Å². The monoisotopic (exact) mass is 177 g/mol. The van der Waals surface area contributed by atoms with Gasteiger partial charge < -0.3 is 5.32 Å². The molecule has 0 saturated heterocycles. The zero-order chi connectivity index (χ0) is 9.52. The van der Waals surface area contributed by atoms with Gasteiger partial charge in [0.05, 0.1) is 0 Å². The molecular formula is C12H19N. The quantitative estimate of drug-likeness (QED) is 0.728. The lowest BCUT2D eigenvalue weighted by Crippen LogP contribution is -2.16. The molecule has 0 amide bonds. The Kier molecular flexibility index (Phi) is 4.55. The Morgan fingerprint density at radius 1 is 1.23 bits per heavy atom. The number of nitrogens with one attached hydrogen (secondary N) is 1. The minimum Gasteiger partial charge on any atom is -0.319 e. The fourth-order valence-corrected chi connectivity index (χ4v) is 1.51. The lowest BCUT2D eigenvalue weighted by Gasteiger charge is -2.09. The third kappa shape index (κ3) is 4.09. The van der Waals surface area contributed by atoms with Crippen LogP contribution in [-0.2, 0) is 6.42 Å². The predicted molar refractivity (Wildman–Crippen MR) is 57.9 cm³/mol. The Balaban J connectivity index is 2.27. The first-order valence-electron chi connectivity index (χ1n) is 5.01. The van der Waals surface area contributed by atoms with Crippen molar-refractivity contribution < 1.29 is 0 Å². The third-order valence-corrected chi connectivity index (χ3v) is 2.32. The average molecular weight is 177 g/mol. The van der Waals surface area contributed by atoms with Gasteiger partial charge in [-0.25, -0.2) is 0 Å². The summed E-state index contributed by atoms with van der Waals surface area (Å²) in [6.07, 6.45) is 2.47. The van der Waals surface area contributed by atoms with Crippen LogP contribution in [0.5, 0.6) is 0 Å². The molecule has 1 N–H and O–H groups in total. The van der Waals surface area contributed by atoms with E-state index in [2.05, 4.69) is 42.6 Å². The summed E-state index contributed by atoms with van der Waals surface area (Å²) in [6.45, 7) is 3.41. The van der Waals surface area contributed by atoms with Crippen molar-refractivity contribution in [3.8, 4) is 0 Å². The van der Waals surface area contributed by atoms with Gasteiger partial charge in [-0.3, -0.25) is 0 Å². The Labute approximate surface area is 81.2 Å². The fourth-order valence-electron chi connectivity index (χ4n) is 1.51. The minimum atomic E-state index is 0.769. The van der Waals surface area contributed by atoms with Crippen LogP contribution in [0.15, 0.2) is 30.3 Å². The average Bonchev–Trinajstić information content (AvgIpc) is 2.17. The van der Waals surface area contributed by atoms with Crippen molar-refractivity contribution in [3.05, 3.63) is 35.9 Å². The minimum absolute atomic E-state index is 0.769. The van der Waals surface area contributed by atoms with Crippen LogP contribution in [0.1, 0.15) is 18.9 Å². The smallest absolute Gasteiger partial charge is 0.00260 e. The highest BCUT2D eigenvalue weighted by molar-refractivity contribution is 5.14. The van der Waals surface area contributed by atoms with Crippen LogP contribution in [0.25, 0.3) is 0 Å². The van der Waals surface area contributed by atoms with Crippen LogP contribution in [0, 0.1) is 5.92 Å². The maximum atomic E-state index is 3.20. The van der Waals surface area contributed by atoms with Crippen molar-refractivity contribution >= 4 is 0 Å². The van der Waals surface area contributed by atoms with E-state index in [4.69, 9.17) is 0 Å². The molecule has 0 aromatic heterocycles. The van der Waals surface area contributed by atoms with E-state index in [0.717, 1.165) is 12.5 Å². The molecule has 13 heavy (non-hydrogen) atoms. The summed E-state index contributed by atoms with van der Waals surface area (Å²) < 4.78 is 0. The Morgan fingerprint density at radius 3 is 2.54 bits per heavy atom. The highest BCUT2D eigenvalue weighted by Crippen LogP contribution is 2.08. The molecule has 1 rings (SSSR count). The number of rotatable bonds is 5. The standard InChI is InChI=1S/C12H19N/c1-11(10-13-2)8-9-12-6-4-3-5-7-12/h3-7,11,13H,8-10H2,1-2H3. The second-order valence-corrected chi connectivity index (χ2v) is 3.69. The van der Waals surface area contributed by atoms with Gasteiger partial charge in [-0.2, -0.15) is 0 Å². The van der Waals surface area contributed by atoms with Crippen molar-refractivity contribution in [2.24, 2.45) is 5.92 Å². The molecule has 0 aliphatic rings. The number of hydrogen-bond donors (Lipinski definition) is 1. The number of hydrogen-bond acceptors (Lipinski definition) is 1. The molecule has 1 aromatic rings. The second kappa shape index (κ2) is 5.76. The molecule has 1 nitrogen and oxygen atoms in total. The maximum Gasteiger partial charge on any atom is -0.00260 e. The molecule has 0 saturated carbocycles. The highest BCUT2D eigenvalue weighted by atomic mass is 14.8. The van der Waals surface area contributed by atoms with Gasteiger partial charge in [-0.1, -0.05) is 37.3 Å². The summed E-state index contributed by atoms with van der Waals surface area (Å²) in [5.41, 5.74) is 1.45. The zero-order valence-electron chi connectivity index (χ0n) is 8.59. The first-order chi connectivity index (χ1) is 6.33.